The first-order valence-corrected chi connectivity index (χ1v) is 11.2. The van der Waals surface area contributed by atoms with E-state index in [-0.39, 0.29) is 25.9 Å². The Bertz CT molecular complexity index is 939. The maximum absolute atomic E-state index is 13.3. The van der Waals surface area contributed by atoms with E-state index in [1.165, 1.54) is 11.2 Å². The number of carbonyl (C=O) groups is 3. The number of urea groups is 1. The first kappa shape index (κ1) is 23.8. The van der Waals surface area contributed by atoms with Gasteiger partial charge in [-0.3, -0.25) is 14.9 Å². The first-order valence-electron chi connectivity index (χ1n) is 9.74. The van der Waals surface area contributed by atoms with Crippen LogP contribution in [0.4, 0.5) is 4.79 Å². The number of ether oxygens (including phenoxy) is 1. The van der Waals surface area contributed by atoms with E-state index in [0.29, 0.717) is 4.90 Å². The molecule has 2 rings (SSSR count). The second-order valence-corrected chi connectivity index (χ2v) is 9.58. The lowest BCUT2D eigenvalue weighted by Crippen LogP contribution is -2.44. The molecule has 1 aliphatic rings. The molecule has 0 aliphatic carbocycles. The second kappa shape index (κ2) is 9.13. The van der Waals surface area contributed by atoms with Gasteiger partial charge in [0.15, 0.2) is 6.10 Å². The summed E-state index contributed by atoms with van der Waals surface area (Å²) in [4.78, 5) is 35.0. The molecule has 1 aromatic carbocycles. The van der Waals surface area contributed by atoms with E-state index in [1.807, 2.05) is 25.2 Å². The third-order valence-electron chi connectivity index (χ3n) is 5.59. The van der Waals surface area contributed by atoms with E-state index in [1.54, 1.807) is 13.8 Å². The van der Waals surface area contributed by atoms with Crippen LogP contribution in [-0.2, 0) is 24.3 Å². The minimum absolute atomic E-state index is 0.176. The van der Waals surface area contributed by atoms with Crippen molar-refractivity contribution >= 4 is 27.9 Å². The molecule has 0 aromatic heterocycles. The van der Waals surface area contributed by atoms with Crippen molar-refractivity contribution in [3.8, 4) is 0 Å². The molecule has 1 unspecified atom stereocenters. The van der Waals surface area contributed by atoms with Crippen LogP contribution in [-0.4, -0.2) is 49.8 Å². The number of aryl methyl sites for hydroxylation is 2. The van der Waals surface area contributed by atoms with Crippen molar-refractivity contribution in [2.75, 3.05) is 13.1 Å². The smallest absolute Gasteiger partial charge is 0.318 e. The Morgan fingerprint density at radius 1 is 1.10 bits per heavy atom. The number of piperidine rings is 1. The highest BCUT2D eigenvalue weighted by atomic mass is 32.2. The maximum atomic E-state index is 13.3. The molecular weight excluding hydrogens is 410 g/mol. The highest BCUT2D eigenvalue weighted by Gasteiger charge is 2.35. The molecular formula is C20H29N3O6S. The average molecular weight is 440 g/mol. The first-order chi connectivity index (χ1) is 13.9. The summed E-state index contributed by atoms with van der Waals surface area (Å²) in [6.07, 6.45) is -0.608. The third kappa shape index (κ3) is 4.99. The maximum Gasteiger partial charge on any atom is 0.318 e. The van der Waals surface area contributed by atoms with Crippen LogP contribution in [0.3, 0.4) is 0 Å². The van der Waals surface area contributed by atoms with Crippen molar-refractivity contribution in [3.05, 3.63) is 28.3 Å². The van der Waals surface area contributed by atoms with Crippen LogP contribution in [0, 0.1) is 33.6 Å². The lowest BCUT2D eigenvalue weighted by Gasteiger charge is -2.31. The molecule has 0 radical (unpaired) electrons. The van der Waals surface area contributed by atoms with Gasteiger partial charge in [0.1, 0.15) is 0 Å². The number of rotatable bonds is 5. The van der Waals surface area contributed by atoms with Crippen molar-refractivity contribution in [2.45, 2.75) is 58.5 Å². The standard InChI is InChI=1S/C20H29N3O6S/c1-11-10-12(2)14(4)17(13(11)3)30(27,28)23-8-6-16(7-9-23)19(25)29-15(5)18(24)22-20(21)26/h10,15-16H,6-9H2,1-5H3,(H3,21,22,24,26). The van der Waals surface area contributed by atoms with E-state index in [9.17, 15) is 22.8 Å². The van der Waals surface area contributed by atoms with Crippen LogP contribution in [0.2, 0.25) is 0 Å². The Morgan fingerprint density at radius 3 is 2.07 bits per heavy atom. The number of carbonyl (C=O) groups excluding carboxylic acids is 3. The van der Waals surface area contributed by atoms with Crippen molar-refractivity contribution in [2.24, 2.45) is 11.7 Å². The minimum Gasteiger partial charge on any atom is -0.452 e. The summed E-state index contributed by atoms with van der Waals surface area (Å²) < 4.78 is 33.1. The van der Waals surface area contributed by atoms with Gasteiger partial charge in [-0.1, -0.05) is 6.07 Å². The monoisotopic (exact) mass is 439 g/mol. The number of amides is 3. The van der Waals surface area contributed by atoms with Crippen molar-refractivity contribution in [1.29, 1.82) is 0 Å². The molecule has 9 nitrogen and oxygen atoms in total. The molecule has 1 atom stereocenters. The molecule has 0 saturated carbocycles. The Labute approximate surface area is 177 Å². The van der Waals surface area contributed by atoms with E-state index in [4.69, 9.17) is 10.5 Å². The predicted octanol–water partition coefficient (Wildman–Crippen LogP) is 1.45. The Kier molecular flexibility index (Phi) is 7.25. The Balaban J connectivity index is 2.08. The molecule has 1 heterocycles. The zero-order chi connectivity index (χ0) is 22.8. The van der Waals surface area contributed by atoms with Gasteiger partial charge in [-0.2, -0.15) is 4.31 Å². The van der Waals surface area contributed by atoms with E-state index in [0.717, 1.165) is 22.3 Å². The van der Waals surface area contributed by atoms with Crippen LogP contribution < -0.4 is 11.1 Å². The second-order valence-electron chi connectivity index (χ2n) is 7.70. The molecule has 1 fully saturated rings. The highest BCUT2D eigenvalue weighted by Crippen LogP contribution is 2.31. The van der Waals surface area contributed by atoms with Gasteiger partial charge in [0.2, 0.25) is 10.0 Å². The van der Waals surface area contributed by atoms with Crippen molar-refractivity contribution in [1.82, 2.24) is 9.62 Å². The summed E-state index contributed by atoms with van der Waals surface area (Å²) in [5, 5.41) is 1.85. The number of benzene rings is 1. The van der Waals surface area contributed by atoms with Gasteiger partial charge in [-0.25, -0.2) is 13.2 Å². The van der Waals surface area contributed by atoms with Gasteiger partial charge in [-0.15, -0.1) is 0 Å². The van der Waals surface area contributed by atoms with Crippen LogP contribution in [0.15, 0.2) is 11.0 Å². The molecule has 0 bridgehead atoms. The number of nitrogens with zero attached hydrogens (tertiary/aromatic N) is 1. The number of primary amides is 1. The summed E-state index contributed by atoms with van der Waals surface area (Å²) in [6, 6.07) is 0.944. The molecule has 0 spiro atoms. The fraction of sp³-hybridized carbons (Fsp3) is 0.550. The average Bonchev–Trinajstić information content (AvgIpc) is 2.66. The number of nitrogens with two attached hydrogens (primary N) is 1. The van der Waals surface area contributed by atoms with Crippen LogP contribution in [0.25, 0.3) is 0 Å². The largest absolute Gasteiger partial charge is 0.452 e. The highest BCUT2D eigenvalue weighted by molar-refractivity contribution is 7.89. The van der Waals surface area contributed by atoms with E-state index in [2.05, 4.69) is 0 Å². The number of sulfonamides is 1. The van der Waals surface area contributed by atoms with Crippen LogP contribution in [0.5, 0.6) is 0 Å². The summed E-state index contributed by atoms with van der Waals surface area (Å²) in [5.74, 6) is -1.93. The topological polar surface area (TPSA) is 136 Å². The number of imide groups is 1. The predicted molar refractivity (Wildman–Crippen MR) is 110 cm³/mol. The summed E-state index contributed by atoms with van der Waals surface area (Å²) >= 11 is 0. The number of hydrogen-bond donors (Lipinski definition) is 2. The summed E-state index contributed by atoms with van der Waals surface area (Å²) in [7, 11) is -3.70. The summed E-state index contributed by atoms with van der Waals surface area (Å²) in [6.45, 7) is 9.07. The molecule has 10 heteroatoms. The Morgan fingerprint density at radius 2 is 1.60 bits per heavy atom. The lowest BCUT2D eigenvalue weighted by molar-refractivity contribution is -0.159. The number of esters is 1. The van der Waals surface area contributed by atoms with Gasteiger partial charge >= 0.3 is 12.0 Å². The number of nitrogens with one attached hydrogen (secondary N) is 1. The normalized spacial score (nSPS) is 16.7. The fourth-order valence-corrected chi connectivity index (χ4v) is 5.62. The molecule has 3 N–H and O–H groups in total. The number of hydrogen-bond acceptors (Lipinski definition) is 6. The minimum atomic E-state index is -3.70. The molecule has 3 amide bonds. The van der Waals surface area contributed by atoms with Gasteiger partial charge in [-0.05, 0) is 69.7 Å². The van der Waals surface area contributed by atoms with Crippen LogP contribution >= 0.6 is 0 Å². The van der Waals surface area contributed by atoms with Gasteiger partial charge in [0.05, 0.1) is 10.8 Å². The molecule has 1 saturated heterocycles. The fourth-order valence-electron chi connectivity index (χ4n) is 3.58. The quantitative estimate of drug-likeness (QED) is 0.667. The van der Waals surface area contributed by atoms with Crippen molar-refractivity contribution in [3.63, 3.8) is 0 Å². The molecule has 30 heavy (non-hydrogen) atoms. The van der Waals surface area contributed by atoms with Gasteiger partial charge < -0.3 is 10.5 Å². The lowest BCUT2D eigenvalue weighted by atomic mass is 9.98. The summed E-state index contributed by atoms with van der Waals surface area (Å²) in [5.41, 5.74) is 8.17. The SMILES string of the molecule is Cc1cc(C)c(C)c(S(=O)(=O)N2CCC(C(=O)OC(C)C(=O)NC(N)=O)CC2)c1C. The van der Waals surface area contributed by atoms with Crippen molar-refractivity contribution < 1.29 is 27.5 Å². The Hall–Kier alpha value is -2.46. The van der Waals surface area contributed by atoms with Gasteiger partial charge in [0, 0.05) is 13.1 Å². The van der Waals surface area contributed by atoms with E-state index < -0.39 is 40.0 Å². The zero-order valence-electron chi connectivity index (χ0n) is 17.9. The molecule has 166 valence electrons. The molecule has 1 aromatic rings. The third-order valence-corrected chi connectivity index (χ3v) is 7.76. The van der Waals surface area contributed by atoms with E-state index >= 15 is 0 Å². The van der Waals surface area contributed by atoms with Crippen LogP contribution in [0.1, 0.15) is 42.0 Å². The zero-order valence-corrected chi connectivity index (χ0v) is 18.8. The molecule has 1 aliphatic heterocycles. The van der Waals surface area contributed by atoms with Gasteiger partial charge in [0.25, 0.3) is 5.91 Å².